The molecule has 5 aliphatic rings. The van der Waals surface area contributed by atoms with Crippen molar-refractivity contribution < 1.29 is 38.9 Å². The van der Waals surface area contributed by atoms with E-state index >= 15 is 0 Å². The fourth-order valence-electron chi connectivity index (χ4n) is 9.42. The summed E-state index contributed by atoms with van der Waals surface area (Å²) in [4.78, 5) is 64.4. The first kappa shape index (κ1) is 30.4. The van der Waals surface area contributed by atoms with Crippen LogP contribution in [0.25, 0.3) is 21.8 Å². The van der Waals surface area contributed by atoms with Crippen molar-refractivity contribution in [1.82, 2.24) is 14.9 Å². The Morgan fingerprint density at radius 1 is 0.846 bits per heavy atom. The lowest BCUT2D eigenvalue weighted by Gasteiger charge is -2.29. The lowest BCUT2D eigenvalue weighted by molar-refractivity contribution is 0.0806. The number of hydrogen-bond donors (Lipinski definition) is 5. The van der Waals surface area contributed by atoms with E-state index in [0.717, 1.165) is 17.7 Å². The van der Waals surface area contributed by atoms with Crippen LogP contribution in [0.2, 0.25) is 0 Å². The molecule has 5 heterocycles. The number of urea groups is 1. The third-order valence-corrected chi connectivity index (χ3v) is 11.7. The largest absolute Gasteiger partial charge is 0.503 e. The molecule has 1 saturated carbocycles. The molecular weight excluding hydrogens is 668 g/mol. The van der Waals surface area contributed by atoms with E-state index in [1.165, 1.54) is 24.0 Å². The number of nitrogens with zero attached hydrogens (tertiary/aromatic N) is 3. The molecule has 3 aliphatic heterocycles. The molecule has 0 bridgehead atoms. The Hall–Kier alpha value is -6.44. The minimum Gasteiger partial charge on any atom is -0.503 e. The molecule has 4 amide bonds. The number of phenolic OH excluding ortho intramolecular Hbond substituents is 2. The minimum atomic E-state index is -0.714. The van der Waals surface area contributed by atoms with Gasteiger partial charge in [0.15, 0.2) is 28.8 Å². The van der Waals surface area contributed by atoms with E-state index in [1.54, 1.807) is 23.1 Å². The lowest BCUT2D eigenvalue weighted by Crippen LogP contribution is -2.34. The van der Waals surface area contributed by atoms with Crippen LogP contribution in [0, 0.1) is 5.92 Å². The van der Waals surface area contributed by atoms with E-state index in [0.29, 0.717) is 57.9 Å². The van der Waals surface area contributed by atoms with Crippen molar-refractivity contribution in [2.75, 3.05) is 43.7 Å². The van der Waals surface area contributed by atoms with Gasteiger partial charge in [0.25, 0.3) is 11.8 Å². The molecule has 3 aromatic carbocycles. The van der Waals surface area contributed by atoms with E-state index in [1.807, 2.05) is 24.3 Å². The van der Waals surface area contributed by atoms with Crippen molar-refractivity contribution in [2.45, 2.75) is 24.7 Å². The second-order valence-corrected chi connectivity index (χ2v) is 14.0. The molecule has 14 heteroatoms. The highest BCUT2D eigenvalue weighted by atomic mass is 16.5. The number of allylic oxidation sites excluding steroid dienone is 2. The number of rotatable bonds is 4. The van der Waals surface area contributed by atoms with Gasteiger partial charge in [-0.3, -0.25) is 19.3 Å². The third-order valence-electron chi connectivity index (χ3n) is 11.7. The Bertz CT molecular complexity index is 2570. The summed E-state index contributed by atoms with van der Waals surface area (Å²) in [6, 6.07) is 10.3. The monoisotopic (exact) mass is 700 g/mol. The van der Waals surface area contributed by atoms with Gasteiger partial charge in [-0.2, -0.15) is 0 Å². The molecule has 0 radical (unpaired) electrons. The van der Waals surface area contributed by atoms with Crippen molar-refractivity contribution in [3.05, 3.63) is 81.8 Å². The zero-order valence-corrected chi connectivity index (χ0v) is 28.1. The first-order chi connectivity index (χ1) is 25.1. The van der Waals surface area contributed by atoms with Crippen LogP contribution < -0.4 is 25.0 Å². The minimum absolute atomic E-state index is 0.0670. The average Bonchev–Trinajstić information content (AvgIpc) is 3.78. The lowest BCUT2D eigenvalue weighted by atomic mass is 9.81. The number of ether oxygens (including phenoxy) is 2. The summed E-state index contributed by atoms with van der Waals surface area (Å²) >= 11 is 0. The van der Waals surface area contributed by atoms with Crippen molar-refractivity contribution >= 4 is 56.8 Å². The molecule has 2 aliphatic carbocycles. The molecule has 2 atom stereocenters. The number of H-pyrrole nitrogens is 2. The van der Waals surface area contributed by atoms with Crippen molar-refractivity contribution in [3.8, 4) is 23.0 Å². The maximum Gasteiger partial charge on any atom is 0.319 e. The van der Waals surface area contributed by atoms with Gasteiger partial charge in [-0.15, -0.1) is 0 Å². The molecule has 1 saturated heterocycles. The van der Waals surface area contributed by atoms with Crippen LogP contribution in [0.1, 0.15) is 54.4 Å². The summed E-state index contributed by atoms with van der Waals surface area (Å²) in [7, 11) is 2.79. The number of aromatic nitrogens is 2. The van der Waals surface area contributed by atoms with E-state index in [2.05, 4.69) is 9.97 Å². The van der Waals surface area contributed by atoms with Gasteiger partial charge < -0.3 is 45.2 Å². The van der Waals surface area contributed by atoms with Crippen LogP contribution in [0.15, 0.2) is 48.2 Å². The number of hydrogen-bond acceptors (Lipinski definition) is 8. The molecular formula is C38H32N6O8. The quantitative estimate of drug-likeness (QED) is 0.184. The fourth-order valence-corrected chi connectivity index (χ4v) is 9.42. The highest BCUT2D eigenvalue weighted by molar-refractivity contribution is 6.15. The number of amides is 4. The van der Waals surface area contributed by atoms with Crippen LogP contribution in [-0.4, -0.2) is 82.6 Å². The Morgan fingerprint density at radius 3 is 2.00 bits per heavy atom. The number of aromatic amines is 2. The molecule has 10 rings (SSSR count). The van der Waals surface area contributed by atoms with Crippen molar-refractivity contribution in [1.29, 1.82) is 0 Å². The van der Waals surface area contributed by atoms with E-state index in [9.17, 15) is 29.4 Å². The normalized spacial score (nSPS) is 20.8. The molecule has 6 N–H and O–H groups in total. The van der Waals surface area contributed by atoms with Gasteiger partial charge in [-0.1, -0.05) is 24.3 Å². The Labute approximate surface area is 295 Å². The number of aromatic hydroxyl groups is 2. The van der Waals surface area contributed by atoms with Crippen LogP contribution in [0.5, 0.6) is 23.0 Å². The number of carbonyl (C=O) groups excluding carboxylic acids is 4. The van der Waals surface area contributed by atoms with Crippen LogP contribution >= 0.6 is 0 Å². The SMILES string of the molecule is COc1c(O)c2c(c3cc(C(=O)N4CCc5c4c(O)c(OC)c4[nH]c(C(=O)N6CC7C[C@]78C6=CC(=O)c6ccccc68)cc54)[nH]c13)CCN2C(N)=O. The van der Waals surface area contributed by atoms with Crippen LogP contribution in [-0.2, 0) is 18.3 Å². The number of likely N-dealkylation sites (tertiary alicyclic amines) is 1. The molecule has 2 aromatic heterocycles. The first-order valence-corrected chi connectivity index (χ1v) is 17.0. The number of phenols is 2. The van der Waals surface area contributed by atoms with Gasteiger partial charge in [-0.25, -0.2) is 4.79 Å². The fraction of sp³-hybridized carbons (Fsp3) is 0.263. The smallest absolute Gasteiger partial charge is 0.319 e. The van der Waals surface area contributed by atoms with E-state index in [4.69, 9.17) is 15.2 Å². The number of fused-ring (bicyclic) bond motifs is 7. The van der Waals surface area contributed by atoms with Crippen LogP contribution in [0.3, 0.4) is 0 Å². The molecule has 52 heavy (non-hydrogen) atoms. The number of methoxy groups -OCH3 is 2. The maximum absolute atomic E-state index is 14.2. The van der Waals surface area contributed by atoms with Crippen molar-refractivity contribution in [3.63, 3.8) is 0 Å². The van der Waals surface area contributed by atoms with Gasteiger partial charge in [0.05, 0.1) is 36.6 Å². The number of primary amides is 1. The number of piperidine rings is 1. The van der Waals surface area contributed by atoms with E-state index < -0.39 is 11.9 Å². The Balaban J connectivity index is 1.03. The van der Waals surface area contributed by atoms with Gasteiger partial charge in [0.1, 0.15) is 11.4 Å². The molecule has 1 spiro atoms. The second-order valence-electron chi connectivity index (χ2n) is 14.0. The zero-order valence-electron chi connectivity index (χ0n) is 28.1. The number of carbonyl (C=O) groups is 4. The molecule has 5 aromatic rings. The number of benzene rings is 3. The number of ketones is 1. The van der Waals surface area contributed by atoms with Gasteiger partial charge in [0, 0.05) is 53.2 Å². The predicted octanol–water partition coefficient (Wildman–Crippen LogP) is 4.22. The maximum atomic E-state index is 14.2. The highest BCUT2D eigenvalue weighted by Gasteiger charge is 2.67. The van der Waals surface area contributed by atoms with Gasteiger partial charge in [0.2, 0.25) is 0 Å². The van der Waals surface area contributed by atoms with Gasteiger partial charge >= 0.3 is 6.03 Å². The summed E-state index contributed by atoms with van der Waals surface area (Å²) in [5.41, 5.74) is 10.7. The van der Waals surface area contributed by atoms with E-state index in [-0.39, 0.29) is 81.9 Å². The Kier molecular flexibility index (Phi) is 5.89. The zero-order chi connectivity index (χ0) is 36.0. The Morgan fingerprint density at radius 2 is 1.40 bits per heavy atom. The number of anilines is 2. The van der Waals surface area contributed by atoms with Crippen LogP contribution in [0.4, 0.5) is 16.2 Å². The van der Waals surface area contributed by atoms with Gasteiger partial charge in [-0.05, 0) is 54.0 Å². The molecule has 14 nitrogen and oxygen atoms in total. The highest BCUT2D eigenvalue weighted by Crippen LogP contribution is 2.66. The predicted molar refractivity (Wildman–Crippen MR) is 189 cm³/mol. The molecule has 2 fully saturated rings. The molecule has 262 valence electrons. The van der Waals surface area contributed by atoms with Crippen molar-refractivity contribution in [2.24, 2.45) is 11.7 Å². The summed E-state index contributed by atoms with van der Waals surface area (Å²) in [6.45, 7) is 0.984. The summed E-state index contributed by atoms with van der Waals surface area (Å²) in [6.07, 6.45) is 3.29. The summed E-state index contributed by atoms with van der Waals surface area (Å²) < 4.78 is 11.2. The molecule has 1 unspecified atom stereocenters. The topological polar surface area (TPSA) is 195 Å². The summed E-state index contributed by atoms with van der Waals surface area (Å²) in [5, 5.41) is 23.9. The second kappa shape index (κ2) is 10.1. The number of nitrogens with two attached hydrogens (primary N) is 1. The first-order valence-electron chi connectivity index (χ1n) is 17.0. The summed E-state index contributed by atoms with van der Waals surface area (Å²) in [5.74, 6) is -0.989. The number of nitrogens with one attached hydrogen (secondary N) is 2. The third kappa shape index (κ3) is 3.62. The standard InChI is InChI=1S/C38H32N6O8/c1-51-33-27-20(12-24(41-27)36(49)44-15-16-14-38(16)22-6-4-3-5-19(22)25(45)13-26(38)44)17-7-9-42(29(17)31(33)46)35(48)23-11-21-18-8-10-43(37(39)50)30(18)32(47)34(52-2)28(21)40-23/h3-6,11-13,16,40-41,46-47H,7-10,14-15H2,1-2H3,(H2,39,50)/t16?,38-/m0/s1. The average molecular weight is 701 g/mol.